The van der Waals surface area contributed by atoms with E-state index < -0.39 is 4.92 Å². The van der Waals surface area contributed by atoms with E-state index in [0.717, 1.165) is 17.6 Å². The molecular weight excluding hydrogens is 252 g/mol. The zero-order valence-electron chi connectivity index (χ0n) is 8.22. The van der Waals surface area contributed by atoms with Gasteiger partial charge in [-0.2, -0.15) is 0 Å². The van der Waals surface area contributed by atoms with E-state index in [2.05, 4.69) is 10.3 Å². The first kappa shape index (κ1) is 11.2. The number of nitro groups is 1. The molecule has 0 radical (unpaired) electrons. The van der Waals surface area contributed by atoms with Crippen molar-refractivity contribution in [2.45, 2.75) is 6.54 Å². The van der Waals surface area contributed by atoms with Crippen molar-refractivity contribution in [1.82, 2.24) is 15.2 Å². The first-order chi connectivity index (χ1) is 7.65. The van der Waals surface area contributed by atoms with Crippen LogP contribution in [0.15, 0.2) is 18.2 Å². The van der Waals surface area contributed by atoms with E-state index in [0.29, 0.717) is 23.4 Å². The summed E-state index contributed by atoms with van der Waals surface area (Å²) >= 11 is 7.10. The average Bonchev–Trinajstić information content (AvgIpc) is 2.77. The number of aromatic nitrogens is 1. The fraction of sp³-hybridized carbons (Fsp3) is 0.375. The molecule has 6 nitrogen and oxygen atoms in total. The molecule has 0 unspecified atom stereocenters. The van der Waals surface area contributed by atoms with Gasteiger partial charge in [-0.1, -0.05) is 11.6 Å². The van der Waals surface area contributed by atoms with E-state index in [9.17, 15) is 10.1 Å². The topological polar surface area (TPSA) is 71.3 Å². The van der Waals surface area contributed by atoms with Gasteiger partial charge in [0.2, 0.25) is 0 Å². The van der Waals surface area contributed by atoms with Crippen molar-refractivity contribution in [3.8, 4) is 0 Å². The summed E-state index contributed by atoms with van der Waals surface area (Å²) in [5, 5.41) is 13.4. The van der Waals surface area contributed by atoms with Gasteiger partial charge in [-0.05, 0) is 0 Å². The van der Waals surface area contributed by atoms with Crippen LogP contribution in [0.5, 0.6) is 0 Å². The molecule has 2 rings (SSSR count). The number of hydrogen-bond acceptors (Lipinski definition) is 6. The quantitative estimate of drug-likeness (QED) is 0.655. The summed E-state index contributed by atoms with van der Waals surface area (Å²) < 4.78 is 0.488. The second kappa shape index (κ2) is 4.67. The Morgan fingerprint density at radius 3 is 3.25 bits per heavy atom. The van der Waals surface area contributed by atoms with Gasteiger partial charge in [-0.15, -0.1) is 11.3 Å². The molecule has 8 heteroatoms. The molecule has 0 amide bonds. The molecule has 2 heterocycles. The van der Waals surface area contributed by atoms with Crippen molar-refractivity contribution in [1.29, 1.82) is 0 Å². The van der Waals surface area contributed by atoms with Gasteiger partial charge in [0.25, 0.3) is 6.20 Å². The lowest BCUT2D eigenvalue weighted by molar-refractivity contribution is -0.404. The van der Waals surface area contributed by atoms with E-state index in [4.69, 9.17) is 11.6 Å². The number of nitrogens with one attached hydrogen (secondary N) is 1. The summed E-state index contributed by atoms with van der Waals surface area (Å²) in [6, 6.07) is 0. The second-order valence-electron chi connectivity index (χ2n) is 3.23. The Hall–Kier alpha value is -1.34. The van der Waals surface area contributed by atoms with Crippen molar-refractivity contribution in [2.75, 3.05) is 13.1 Å². The molecule has 0 aromatic carbocycles. The van der Waals surface area contributed by atoms with Crippen molar-refractivity contribution in [2.24, 2.45) is 0 Å². The minimum atomic E-state index is -0.458. The first-order valence-corrected chi connectivity index (χ1v) is 5.79. The number of rotatable bonds is 3. The van der Waals surface area contributed by atoms with Gasteiger partial charge in [0.15, 0.2) is 10.3 Å². The van der Waals surface area contributed by atoms with Crippen LogP contribution in [0, 0.1) is 10.1 Å². The van der Waals surface area contributed by atoms with Gasteiger partial charge in [0.1, 0.15) is 0 Å². The van der Waals surface area contributed by atoms with Crippen LogP contribution in [0.2, 0.25) is 4.47 Å². The number of halogens is 1. The molecule has 1 saturated heterocycles. The fourth-order valence-electron chi connectivity index (χ4n) is 1.49. The smallest absolute Gasteiger partial charge is 0.274 e. The predicted molar refractivity (Wildman–Crippen MR) is 60.6 cm³/mol. The van der Waals surface area contributed by atoms with E-state index in [-0.39, 0.29) is 0 Å². The van der Waals surface area contributed by atoms with Gasteiger partial charge in [-0.25, -0.2) is 4.98 Å². The maximum Gasteiger partial charge on any atom is 0.274 e. The van der Waals surface area contributed by atoms with Crippen LogP contribution in [0.1, 0.15) is 4.88 Å². The third-order valence-corrected chi connectivity index (χ3v) is 3.23. The van der Waals surface area contributed by atoms with Crippen LogP contribution in [0.3, 0.4) is 0 Å². The lowest BCUT2D eigenvalue weighted by Crippen LogP contribution is -2.20. The fourth-order valence-corrected chi connectivity index (χ4v) is 2.48. The van der Waals surface area contributed by atoms with Gasteiger partial charge >= 0.3 is 0 Å². The molecule has 0 atom stereocenters. The van der Waals surface area contributed by atoms with Crippen molar-refractivity contribution in [3.63, 3.8) is 0 Å². The summed E-state index contributed by atoms with van der Waals surface area (Å²) in [5.74, 6) is 0.537. The molecule has 86 valence electrons. The summed E-state index contributed by atoms with van der Waals surface area (Å²) in [4.78, 5) is 16.7. The normalized spacial score (nSPS) is 17.8. The van der Waals surface area contributed by atoms with Crippen LogP contribution in [-0.2, 0) is 6.54 Å². The van der Waals surface area contributed by atoms with E-state index in [1.54, 1.807) is 6.20 Å². The SMILES string of the molecule is O=[N+]([O-])/C=C1\NCCN1Cc1cnc(Cl)s1. The molecule has 1 aromatic heterocycles. The Morgan fingerprint density at radius 2 is 2.62 bits per heavy atom. The minimum absolute atomic E-state index is 0.458. The molecule has 1 N–H and O–H groups in total. The highest BCUT2D eigenvalue weighted by Crippen LogP contribution is 2.21. The lowest BCUT2D eigenvalue weighted by atomic mass is 10.4. The standard InChI is InChI=1S/C8H9ClN4O2S/c9-8-11-3-6(16-8)4-12-2-1-10-7(12)5-13(14)15/h3,5,10H,1-2,4H2/b7-5+. The van der Waals surface area contributed by atoms with E-state index in [1.165, 1.54) is 11.3 Å². The van der Waals surface area contributed by atoms with Crippen LogP contribution < -0.4 is 5.32 Å². The van der Waals surface area contributed by atoms with E-state index in [1.807, 2.05) is 4.90 Å². The van der Waals surface area contributed by atoms with Gasteiger partial charge < -0.3 is 10.2 Å². The molecule has 0 spiro atoms. The van der Waals surface area contributed by atoms with Crippen molar-refractivity contribution >= 4 is 22.9 Å². The Labute approximate surface area is 101 Å². The summed E-state index contributed by atoms with van der Waals surface area (Å²) in [6.07, 6.45) is 2.67. The van der Waals surface area contributed by atoms with Crippen molar-refractivity contribution < 1.29 is 4.92 Å². The molecule has 0 saturated carbocycles. The highest BCUT2D eigenvalue weighted by Gasteiger charge is 2.20. The predicted octanol–water partition coefficient (Wildman–Crippen LogP) is 1.28. The molecule has 0 bridgehead atoms. The van der Waals surface area contributed by atoms with Gasteiger partial charge in [-0.3, -0.25) is 10.1 Å². The van der Waals surface area contributed by atoms with Gasteiger partial charge in [0.05, 0.1) is 11.5 Å². The summed E-state index contributed by atoms with van der Waals surface area (Å²) in [5.41, 5.74) is 0. The minimum Gasteiger partial charge on any atom is -0.365 e. The monoisotopic (exact) mass is 260 g/mol. The Bertz CT molecular complexity index is 433. The Kier molecular flexibility index (Phi) is 3.25. The maximum absolute atomic E-state index is 10.4. The first-order valence-electron chi connectivity index (χ1n) is 4.59. The third kappa shape index (κ3) is 2.61. The van der Waals surface area contributed by atoms with E-state index >= 15 is 0 Å². The van der Waals surface area contributed by atoms with Crippen molar-refractivity contribution in [3.05, 3.63) is 37.7 Å². The Morgan fingerprint density at radius 1 is 1.81 bits per heavy atom. The molecule has 16 heavy (non-hydrogen) atoms. The zero-order chi connectivity index (χ0) is 11.5. The summed E-state index contributed by atoms with van der Waals surface area (Å²) in [7, 11) is 0. The Balaban J connectivity index is 2.06. The highest BCUT2D eigenvalue weighted by molar-refractivity contribution is 7.15. The molecule has 1 aromatic rings. The van der Waals surface area contributed by atoms with Crippen LogP contribution in [0.25, 0.3) is 0 Å². The maximum atomic E-state index is 10.4. The molecular formula is C8H9ClN4O2S. The van der Waals surface area contributed by atoms with Crippen LogP contribution in [0.4, 0.5) is 0 Å². The average molecular weight is 261 g/mol. The summed E-state index contributed by atoms with van der Waals surface area (Å²) in [6.45, 7) is 2.05. The number of nitrogens with zero attached hydrogens (tertiary/aromatic N) is 3. The van der Waals surface area contributed by atoms with Gasteiger partial charge in [0, 0.05) is 24.2 Å². The number of hydrogen-bond donors (Lipinski definition) is 1. The molecule has 0 aliphatic carbocycles. The second-order valence-corrected chi connectivity index (χ2v) is 4.92. The van der Waals surface area contributed by atoms with Crippen LogP contribution >= 0.6 is 22.9 Å². The zero-order valence-corrected chi connectivity index (χ0v) is 9.79. The molecule has 1 aliphatic rings. The van der Waals surface area contributed by atoms with Crippen LogP contribution in [-0.4, -0.2) is 27.9 Å². The molecule has 1 fully saturated rings. The largest absolute Gasteiger partial charge is 0.365 e. The highest BCUT2D eigenvalue weighted by atomic mass is 35.5. The molecule has 1 aliphatic heterocycles. The number of thiazole rings is 1. The lowest BCUT2D eigenvalue weighted by Gasteiger charge is -2.15. The third-order valence-electron chi connectivity index (χ3n) is 2.13.